The van der Waals surface area contributed by atoms with Gasteiger partial charge in [0, 0.05) is 36.2 Å². The number of ether oxygens (including phenoxy) is 3. The van der Waals surface area contributed by atoms with Crippen LogP contribution in [0.1, 0.15) is 80.8 Å². The smallest absolute Gasteiger partial charge is 0.264 e. The molecule has 1 spiro atoms. The van der Waals surface area contributed by atoms with Gasteiger partial charge >= 0.3 is 0 Å². The van der Waals surface area contributed by atoms with Crippen molar-refractivity contribution >= 4 is 33.2 Å². The number of carbonyl (C=O) groups is 1. The SMILES string of the molecule is CC[C@@H]1[C@@H](C)C/C=C/[C@H](OCCOC)[C@@H]2CCC2(C)CN2C[C@@]3(CCCc4cc(Cl)ccc43)COc3ccc(cc32)C(=O)NS1(=O)=O. The molecule has 0 radical (unpaired) electrons. The molecule has 1 fully saturated rings. The van der Waals surface area contributed by atoms with Crippen LogP contribution in [-0.2, 0) is 31.3 Å². The lowest BCUT2D eigenvalue weighted by atomic mass is 9.58. The number of rotatable bonds is 5. The number of anilines is 1. The van der Waals surface area contributed by atoms with Crippen molar-refractivity contribution < 1.29 is 27.4 Å². The zero-order valence-electron chi connectivity index (χ0n) is 28.1. The molecule has 47 heavy (non-hydrogen) atoms. The molecule has 8 nitrogen and oxygen atoms in total. The third kappa shape index (κ3) is 6.83. The molecule has 1 saturated carbocycles. The highest BCUT2D eigenvalue weighted by atomic mass is 35.5. The second-order valence-electron chi connectivity index (χ2n) is 14.5. The summed E-state index contributed by atoms with van der Waals surface area (Å²) < 4.78 is 48.0. The van der Waals surface area contributed by atoms with E-state index in [-0.39, 0.29) is 28.8 Å². The maximum absolute atomic E-state index is 13.6. The summed E-state index contributed by atoms with van der Waals surface area (Å²) in [5, 5.41) is 0.0255. The predicted molar refractivity (Wildman–Crippen MR) is 186 cm³/mol. The van der Waals surface area contributed by atoms with Crippen LogP contribution >= 0.6 is 11.6 Å². The van der Waals surface area contributed by atoms with Crippen LogP contribution in [0.5, 0.6) is 5.75 Å². The average Bonchev–Trinajstić information content (AvgIpc) is 3.16. The Morgan fingerprint density at radius 1 is 1.13 bits per heavy atom. The second kappa shape index (κ2) is 13.7. The molecule has 1 unspecified atom stereocenters. The Hall–Kier alpha value is -2.59. The van der Waals surface area contributed by atoms with Gasteiger partial charge in [0.05, 0.1) is 36.9 Å². The molecule has 6 atom stereocenters. The number of halogens is 1. The van der Waals surface area contributed by atoms with Crippen LogP contribution in [0.3, 0.4) is 0 Å². The third-order valence-corrected chi connectivity index (χ3v) is 13.6. The molecule has 1 amide bonds. The molecule has 2 aliphatic carbocycles. The quantitative estimate of drug-likeness (QED) is 0.277. The van der Waals surface area contributed by atoms with Gasteiger partial charge in [0.2, 0.25) is 10.0 Å². The lowest BCUT2D eigenvalue weighted by Crippen LogP contribution is -2.54. The van der Waals surface area contributed by atoms with Crippen LogP contribution in [0.4, 0.5) is 5.69 Å². The van der Waals surface area contributed by atoms with Crippen LogP contribution in [0, 0.1) is 17.3 Å². The number of aryl methyl sites for hydroxylation is 1. The zero-order chi connectivity index (χ0) is 33.4. The van der Waals surface area contributed by atoms with E-state index in [1.165, 1.54) is 11.1 Å². The van der Waals surface area contributed by atoms with E-state index < -0.39 is 21.2 Å². The molecule has 2 bridgehead atoms. The Balaban J connectivity index is 1.45. The van der Waals surface area contributed by atoms with Crippen molar-refractivity contribution in [3.05, 3.63) is 70.3 Å². The minimum Gasteiger partial charge on any atom is -0.490 e. The maximum Gasteiger partial charge on any atom is 0.264 e. The predicted octanol–water partition coefficient (Wildman–Crippen LogP) is 6.70. The first-order chi connectivity index (χ1) is 22.5. The van der Waals surface area contributed by atoms with E-state index in [1.807, 2.05) is 32.0 Å². The molecular formula is C37H49ClN2O6S. The van der Waals surface area contributed by atoms with Gasteiger partial charge in [-0.2, -0.15) is 0 Å². The number of hydrogen-bond acceptors (Lipinski definition) is 7. The summed E-state index contributed by atoms with van der Waals surface area (Å²) in [6.45, 7) is 9.10. The van der Waals surface area contributed by atoms with Crippen molar-refractivity contribution in [1.82, 2.24) is 4.72 Å². The zero-order valence-corrected chi connectivity index (χ0v) is 29.7. The number of sulfonamides is 1. The standard InChI is InChI=1S/C37H49ClN2O6S/c1-5-34-25(2)8-6-10-32(45-19-18-44-4)30-15-17-36(30,3)22-40-23-37(16-7-9-26-20-28(38)12-13-29(26)37)24-46-33-14-11-27(21-31(33)40)35(41)39-47(34,42)43/h6,10-14,20-21,25,30,32,34H,5,7-9,15-19,22-24H2,1-4H3,(H,39,41)/b10-6+/t25-,30-,32-,34+,36?,37-/m0/s1. The average molecular weight is 685 g/mol. The molecule has 6 rings (SSSR count). The summed E-state index contributed by atoms with van der Waals surface area (Å²) in [5.41, 5.74) is 3.33. The maximum atomic E-state index is 13.6. The first kappa shape index (κ1) is 34.3. The van der Waals surface area contributed by atoms with Crippen molar-refractivity contribution in [2.45, 2.75) is 82.5 Å². The molecule has 1 N–H and O–H groups in total. The summed E-state index contributed by atoms with van der Waals surface area (Å²) in [5.74, 6) is 0.159. The highest BCUT2D eigenvalue weighted by molar-refractivity contribution is 7.90. The normalized spacial score (nSPS) is 32.6. The summed E-state index contributed by atoms with van der Waals surface area (Å²) in [6.07, 6.45) is 10.1. The summed E-state index contributed by atoms with van der Waals surface area (Å²) in [6, 6.07) is 11.6. The van der Waals surface area contributed by atoms with E-state index in [1.54, 1.807) is 13.2 Å². The number of hydrogen-bond donors (Lipinski definition) is 1. The van der Waals surface area contributed by atoms with E-state index in [2.05, 4.69) is 40.8 Å². The molecule has 10 heteroatoms. The Labute approximate surface area is 285 Å². The fourth-order valence-corrected chi connectivity index (χ4v) is 10.5. The molecule has 0 saturated heterocycles. The van der Waals surface area contributed by atoms with Gasteiger partial charge in [0.15, 0.2) is 0 Å². The molecule has 4 aliphatic rings. The Morgan fingerprint density at radius 2 is 1.96 bits per heavy atom. The fourth-order valence-electron chi connectivity index (χ4n) is 8.57. The number of amides is 1. The van der Waals surface area contributed by atoms with Gasteiger partial charge in [-0.1, -0.05) is 50.6 Å². The van der Waals surface area contributed by atoms with Crippen molar-refractivity contribution in [1.29, 1.82) is 0 Å². The van der Waals surface area contributed by atoms with Crippen molar-refractivity contribution in [2.24, 2.45) is 17.3 Å². The van der Waals surface area contributed by atoms with Crippen LogP contribution in [-0.4, -0.2) is 65.7 Å². The number of methoxy groups -OCH3 is 1. The monoisotopic (exact) mass is 684 g/mol. The molecule has 2 aliphatic heterocycles. The Bertz CT molecular complexity index is 1610. The van der Waals surface area contributed by atoms with Crippen LogP contribution in [0.25, 0.3) is 0 Å². The van der Waals surface area contributed by atoms with E-state index in [9.17, 15) is 13.2 Å². The Morgan fingerprint density at radius 3 is 2.70 bits per heavy atom. The van der Waals surface area contributed by atoms with Crippen LogP contribution < -0.4 is 14.4 Å². The molecule has 0 aromatic heterocycles. The van der Waals surface area contributed by atoms with Gasteiger partial charge in [-0.05, 0) is 104 Å². The van der Waals surface area contributed by atoms with Crippen molar-refractivity contribution in [3.8, 4) is 5.75 Å². The number of nitrogens with one attached hydrogen (secondary N) is 1. The van der Waals surface area contributed by atoms with E-state index in [4.69, 9.17) is 25.8 Å². The van der Waals surface area contributed by atoms with E-state index in [0.717, 1.165) is 49.4 Å². The van der Waals surface area contributed by atoms with E-state index in [0.29, 0.717) is 50.5 Å². The number of benzene rings is 2. The third-order valence-electron chi connectivity index (χ3n) is 11.3. The second-order valence-corrected chi connectivity index (χ2v) is 16.8. The largest absolute Gasteiger partial charge is 0.490 e. The van der Waals surface area contributed by atoms with Crippen LogP contribution in [0.15, 0.2) is 48.6 Å². The minimum absolute atomic E-state index is 0.0708. The number of carbonyl (C=O) groups excluding carboxylic acids is 1. The lowest BCUT2D eigenvalue weighted by Gasteiger charge is -2.53. The highest BCUT2D eigenvalue weighted by Crippen LogP contribution is 2.52. The number of nitrogens with zero attached hydrogens (tertiary/aromatic N) is 1. The highest BCUT2D eigenvalue weighted by Gasteiger charge is 2.50. The van der Waals surface area contributed by atoms with Crippen molar-refractivity contribution in [2.75, 3.05) is 44.9 Å². The molecule has 2 aromatic carbocycles. The van der Waals surface area contributed by atoms with Crippen LogP contribution in [0.2, 0.25) is 5.02 Å². The van der Waals surface area contributed by atoms with E-state index >= 15 is 0 Å². The number of allylic oxidation sites excluding steroid dienone is 1. The molecule has 256 valence electrons. The van der Waals surface area contributed by atoms with Gasteiger partial charge < -0.3 is 19.1 Å². The first-order valence-corrected chi connectivity index (χ1v) is 19.0. The molecular weight excluding hydrogens is 636 g/mol. The topological polar surface area (TPSA) is 94.2 Å². The first-order valence-electron chi connectivity index (χ1n) is 17.1. The minimum atomic E-state index is -3.94. The number of fused-ring (bicyclic) bond motifs is 4. The molecule has 2 heterocycles. The summed E-state index contributed by atoms with van der Waals surface area (Å²) in [7, 11) is -2.26. The summed E-state index contributed by atoms with van der Waals surface area (Å²) in [4.78, 5) is 16.0. The summed E-state index contributed by atoms with van der Waals surface area (Å²) >= 11 is 6.45. The van der Waals surface area contributed by atoms with Crippen molar-refractivity contribution in [3.63, 3.8) is 0 Å². The van der Waals surface area contributed by atoms with Gasteiger partial charge in [-0.25, -0.2) is 13.1 Å². The fraction of sp³-hybridized carbons (Fsp3) is 0.595. The van der Waals surface area contributed by atoms with Gasteiger partial charge in [-0.15, -0.1) is 0 Å². The van der Waals surface area contributed by atoms with Gasteiger partial charge in [-0.3, -0.25) is 4.79 Å². The van der Waals surface area contributed by atoms with Gasteiger partial charge in [0.1, 0.15) is 5.75 Å². The van der Waals surface area contributed by atoms with Gasteiger partial charge in [0.25, 0.3) is 5.91 Å². The molecule has 2 aromatic rings. The Kier molecular flexibility index (Phi) is 10.0. The lowest BCUT2D eigenvalue weighted by molar-refractivity contribution is -0.0703.